The Bertz CT molecular complexity index is 567. The van der Waals surface area contributed by atoms with Crippen molar-refractivity contribution in [3.63, 3.8) is 0 Å². The zero-order valence-corrected chi connectivity index (χ0v) is 17.8. The summed E-state index contributed by atoms with van der Waals surface area (Å²) >= 11 is 0. The monoisotopic (exact) mass is 389 g/mol. The molecule has 1 aromatic heterocycles. The molecule has 3 rings (SSSR count). The molecule has 0 aromatic carbocycles. The van der Waals surface area contributed by atoms with Crippen molar-refractivity contribution in [1.82, 2.24) is 20.4 Å². The molecule has 2 N–H and O–H groups in total. The fourth-order valence-electron chi connectivity index (χ4n) is 4.49. The van der Waals surface area contributed by atoms with E-state index in [9.17, 15) is 0 Å². The predicted octanol–water partition coefficient (Wildman–Crippen LogP) is 3.24. The van der Waals surface area contributed by atoms with Crippen molar-refractivity contribution >= 4 is 5.96 Å². The lowest BCUT2D eigenvalue weighted by Crippen LogP contribution is -2.43. The van der Waals surface area contributed by atoms with E-state index >= 15 is 0 Å². The summed E-state index contributed by atoms with van der Waals surface area (Å²) in [7, 11) is 1.85. The second kappa shape index (κ2) is 11.5. The van der Waals surface area contributed by atoms with Crippen LogP contribution in [0.15, 0.2) is 27.8 Å². The number of unbranched alkanes of at least 4 members (excludes halogenated alkanes) is 1. The quantitative estimate of drug-likeness (QED) is 0.386. The molecule has 0 saturated carbocycles. The second-order valence-electron chi connectivity index (χ2n) is 8.24. The summed E-state index contributed by atoms with van der Waals surface area (Å²) in [5.41, 5.74) is 0. The van der Waals surface area contributed by atoms with Crippen molar-refractivity contribution in [1.29, 1.82) is 0 Å². The van der Waals surface area contributed by atoms with Crippen molar-refractivity contribution in [2.24, 2.45) is 4.99 Å². The van der Waals surface area contributed by atoms with Gasteiger partial charge in [-0.3, -0.25) is 9.89 Å². The summed E-state index contributed by atoms with van der Waals surface area (Å²) in [6, 6.07) is 5.11. The molecule has 0 aliphatic carbocycles. The van der Waals surface area contributed by atoms with Crippen LogP contribution < -0.4 is 10.6 Å². The van der Waals surface area contributed by atoms with Crippen LogP contribution in [0.3, 0.4) is 0 Å². The molecular weight excluding hydrogens is 350 g/mol. The molecule has 0 radical (unpaired) electrons. The van der Waals surface area contributed by atoms with Gasteiger partial charge in [0.15, 0.2) is 5.96 Å². The van der Waals surface area contributed by atoms with Gasteiger partial charge in [-0.15, -0.1) is 0 Å². The molecule has 2 aliphatic rings. The van der Waals surface area contributed by atoms with Gasteiger partial charge in [-0.1, -0.05) is 6.42 Å². The number of hydrogen-bond donors (Lipinski definition) is 2. The number of rotatable bonds is 9. The Morgan fingerprint density at radius 3 is 2.71 bits per heavy atom. The van der Waals surface area contributed by atoms with Gasteiger partial charge in [0, 0.05) is 26.2 Å². The van der Waals surface area contributed by atoms with Crippen LogP contribution in [0.1, 0.15) is 63.7 Å². The first kappa shape index (κ1) is 21.2. The first-order chi connectivity index (χ1) is 13.8. The molecule has 6 heteroatoms. The third-order valence-electron chi connectivity index (χ3n) is 6.24. The van der Waals surface area contributed by atoms with Crippen LogP contribution in [0.5, 0.6) is 0 Å². The van der Waals surface area contributed by atoms with Crippen LogP contribution >= 0.6 is 0 Å². The summed E-state index contributed by atoms with van der Waals surface area (Å²) in [4.78, 5) is 9.57. The standard InChI is InChI=1S/C22H39N5O/c1-19-10-3-5-13-26(19)14-6-4-12-24-22(23-2)25-18-20(21-11-9-17-28-21)27-15-7-8-16-27/h9,11,17,19-20H,3-8,10,12-16,18H2,1-2H3,(H2,23,24,25). The lowest BCUT2D eigenvalue weighted by molar-refractivity contribution is 0.158. The summed E-state index contributed by atoms with van der Waals surface area (Å²) in [6.07, 6.45) is 10.9. The number of likely N-dealkylation sites (tertiary alicyclic amines) is 2. The van der Waals surface area contributed by atoms with E-state index in [1.807, 2.05) is 13.1 Å². The first-order valence-electron chi connectivity index (χ1n) is 11.2. The minimum Gasteiger partial charge on any atom is -0.468 e. The Hall–Kier alpha value is -1.53. The Kier molecular flexibility index (Phi) is 8.68. The number of hydrogen-bond acceptors (Lipinski definition) is 4. The Balaban J connectivity index is 1.36. The van der Waals surface area contributed by atoms with Gasteiger partial charge in [0.2, 0.25) is 0 Å². The van der Waals surface area contributed by atoms with E-state index in [0.29, 0.717) is 0 Å². The molecule has 0 amide bonds. The van der Waals surface area contributed by atoms with Crippen LogP contribution in [0, 0.1) is 0 Å². The third-order valence-corrected chi connectivity index (χ3v) is 6.24. The van der Waals surface area contributed by atoms with Crippen molar-refractivity contribution < 1.29 is 4.42 Å². The lowest BCUT2D eigenvalue weighted by atomic mass is 10.0. The molecule has 6 nitrogen and oxygen atoms in total. The highest BCUT2D eigenvalue weighted by molar-refractivity contribution is 5.79. The average molecular weight is 390 g/mol. The zero-order valence-electron chi connectivity index (χ0n) is 17.8. The van der Waals surface area contributed by atoms with E-state index in [-0.39, 0.29) is 6.04 Å². The number of furan rings is 1. The summed E-state index contributed by atoms with van der Waals surface area (Å²) in [6.45, 7) is 8.96. The van der Waals surface area contributed by atoms with Crippen LogP contribution in [-0.4, -0.2) is 68.1 Å². The van der Waals surface area contributed by atoms with Crippen molar-refractivity contribution in [3.05, 3.63) is 24.2 Å². The number of aliphatic imine (C=N–C) groups is 1. The minimum atomic E-state index is 0.275. The van der Waals surface area contributed by atoms with Gasteiger partial charge >= 0.3 is 0 Å². The summed E-state index contributed by atoms with van der Waals surface area (Å²) < 4.78 is 5.71. The van der Waals surface area contributed by atoms with Crippen LogP contribution in [0.2, 0.25) is 0 Å². The normalized spacial score (nSPS) is 23.1. The van der Waals surface area contributed by atoms with E-state index < -0.39 is 0 Å². The molecule has 2 saturated heterocycles. The Morgan fingerprint density at radius 1 is 1.18 bits per heavy atom. The highest BCUT2D eigenvalue weighted by Gasteiger charge is 2.25. The van der Waals surface area contributed by atoms with E-state index in [2.05, 4.69) is 38.4 Å². The van der Waals surface area contributed by atoms with Gasteiger partial charge in [-0.05, 0) is 83.8 Å². The van der Waals surface area contributed by atoms with Crippen molar-refractivity contribution in [2.45, 2.75) is 64.0 Å². The fourth-order valence-corrected chi connectivity index (χ4v) is 4.49. The number of piperidine rings is 1. The first-order valence-corrected chi connectivity index (χ1v) is 11.2. The van der Waals surface area contributed by atoms with Crippen LogP contribution in [0.4, 0.5) is 0 Å². The minimum absolute atomic E-state index is 0.275. The average Bonchev–Trinajstić information content (AvgIpc) is 3.42. The van der Waals surface area contributed by atoms with E-state index in [4.69, 9.17) is 4.42 Å². The smallest absolute Gasteiger partial charge is 0.191 e. The van der Waals surface area contributed by atoms with Gasteiger partial charge in [-0.25, -0.2) is 0 Å². The molecule has 0 bridgehead atoms. The Labute approximate surface area is 170 Å². The second-order valence-corrected chi connectivity index (χ2v) is 8.24. The van der Waals surface area contributed by atoms with Gasteiger partial charge < -0.3 is 20.0 Å². The Morgan fingerprint density at radius 2 is 2.00 bits per heavy atom. The maximum absolute atomic E-state index is 5.71. The fraction of sp³-hybridized carbons (Fsp3) is 0.773. The highest BCUT2D eigenvalue weighted by Crippen LogP contribution is 2.24. The van der Waals surface area contributed by atoms with Gasteiger partial charge in [0.1, 0.15) is 5.76 Å². The molecule has 2 aliphatic heterocycles. The van der Waals surface area contributed by atoms with Crippen molar-refractivity contribution in [3.8, 4) is 0 Å². The number of nitrogens with zero attached hydrogens (tertiary/aromatic N) is 3. The maximum Gasteiger partial charge on any atom is 0.191 e. The lowest BCUT2D eigenvalue weighted by Gasteiger charge is -2.33. The van der Waals surface area contributed by atoms with Crippen LogP contribution in [0.25, 0.3) is 0 Å². The van der Waals surface area contributed by atoms with Crippen LogP contribution in [-0.2, 0) is 0 Å². The van der Waals surface area contributed by atoms with E-state index in [1.165, 1.54) is 58.0 Å². The highest BCUT2D eigenvalue weighted by atomic mass is 16.3. The largest absolute Gasteiger partial charge is 0.468 e. The van der Waals surface area contributed by atoms with E-state index in [0.717, 1.165) is 43.9 Å². The number of guanidine groups is 1. The maximum atomic E-state index is 5.71. The molecule has 2 atom stereocenters. The summed E-state index contributed by atoms with van der Waals surface area (Å²) in [5.74, 6) is 1.93. The molecular formula is C22H39N5O. The van der Waals surface area contributed by atoms with Gasteiger partial charge in [0.25, 0.3) is 0 Å². The summed E-state index contributed by atoms with van der Waals surface area (Å²) in [5, 5.41) is 6.99. The molecule has 0 spiro atoms. The molecule has 1 aromatic rings. The van der Waals surface area contributed by atoms with E-state index in [1.54, 1.807) is 6.26 Å². The topological polar surface area (TPSA) is 56.0 Å². The SMILES string of the molecule is CN=C(NCCCCN1CCCCC1C)NCC(c1ccco1)N1CCCC1. The molecule has 2 fully saturated rings. The molecule has 28 heavy (non-hydrogen) atoms. The molecule has 2 unspecified atom stereocenters. The third kappa shape index (κ3) is 6.24. The zero-order chi connectivity index (χ0) is 19.6. The predicted molar refractivity (Wildman–Crippen MR) is 116 cm³/mol. The van der Waals surface area contributed by atoms with Gasteiger partial charge in [-0.2, -0.15) is 0 Å². The number of nitrogens with one attached hydrogen (secondary N) is 2. The van der Waals surface area contributed by atoms with Gasteiger partial charge in [0.05, 0.1) is 12.3 Å². The van der Waals surface area contributed by atoms with Crippen molar-refractivity contribution in [2.75, 3.05) is 46.3 Å². The molecule has 158 valence electrons. The molecule has 3 heterocycles.